The molecule has 0 aliphatic rings. The summed E-state index contributed by atoms with van der Waals surface area (Å²) in [6.07, 6.45) is 6.47. The Hall–Kier alpha value is -0.989. The van der Waals surface area contributed by atoms with Crippen LogP contribution < -0.4 is 10.4 Å². The molecule has 0 N–H and O–H groups in total. The Bertz CT molecular complexity index is 773. The summed E-state index contributed by atoms with van der Waals surface area (Å²) in [5, 5.41) is 2.42. The quantitative estimate of drug-likeness (QED) is 0.286. The standard InChI is InChI=1S/C28H48O2Si3/c1-9-23-27(11-3,31(5)6)30-33(25-19-15-13-16-20-25,26-21-17-14-18-22-26)28(12-4,24-10-2)29-32(7)8/h13-22,31-32H,9-12,23-24H2,1-8H3. The van der Waals surface area contributed by atoms with Crippen molar-refractivity contribution in [3.8, 4) is 0 Å². The van der Waals surface area contributed by atoms with Crippen molar-refractivity contribution in [2.24, 2.45) is 0 Å². The van der Waals surface area contributed by atoms with Gasteiger partial charge in [-0.05, 0) is 49.2 Å². The van der Waals surface area contributed by atoms with Crippen molar-refractivity contribution in [1.82, 2.24) is 0 Å². The first-order chi connectivity index (χ1) is 15.8. The second-order valence-corrected chi connectivity index (χ2v) is 19.4. The molecule has 2 rings (SSSR count). The highest BCUT2D eigenvalue weighted by atomic mass is 28.4. The minimum absolute atomic E-state index is 0.0390. The molecule has 2 atom stereocenters. The molecule has 0 amide bonds. The predicted molar refractivity (Wildman–Crippen MR) is 154 cm³/mol. The molecule has 0 radical (unpaired) electrons. The molecule has 0 bridgehead atoms. The van der Waals surface area contributed by atoms with Crippen molar-refractivity contribution >= 4 is 36.5 Å². The fourth-order valence-corrected chi connectivity index (χ4v) is 16.6. The molecule has 0 aromatic heterocycles. The molecule has 0 fully saturated rings. The highest BCUT2D eigenvalue weighted by Crippen LogP contribution is 2.40. The molecule has 2 aromatic rings. The lowest BCUT2D eigenvalue weighted by molar-refractivity contribution is 0.0606. The van der Waals surface area contributed by atoms with Gasteiger partial charge in [-0.1, -0.05) is 114 Å². The molecule has 2 nitrogen and oxygen atoms in total. The smallest absolute Gasteiger partial charge is 0.286 e. The van der Waals surface area contributed by atoms with Gasteiger partial charge in [-0.25, -0.2) is 0 Å². The third-order valence-electron chi connectivity index (χ3n) is 7.37. The monoisotopic (exact) mass is 500 g/mol. The zero-order valence-electron chi connectivity index (χ0n) is 22.5. The molecule has 0 aliphatic heterocycles. The maximum absolute atomic E-state index is 7.96. The van der Waals surface area contributed by atoms with Crippen LogP contribution in [0.15, 0.2) is 60.7 Å². The van der Waals surface area contributed by atoms with Crippen LogP contribution in [0, 0.1) is 0 Å². The van der Waals surface area contributed by atoms with Gasteiger partial charge < -0.3 is 8.85 Å². The maximum atomic E-state index is 7.96. The van der Waals surface area contributed by atoms with E-state index in [2.05, 4.69) is 115 Å². The summed E-state index contributed by atoms with van der Waals surface area (Å²) in [4.78, 5) is 0. The van der Waals surface area contributed by atoms with E-state index in [1.807, 2.05) is 0 Å². The highest BCUT2D eigenvalue weighted by molar-refractivity contribution is 7.00. The Balaban J connectivity index is 3.01. The minimum Gasteiger partial charge on any atom is -0.414 e. The summed E-state index contributed by atoms with van der Waals surface area (Å²) >= 11 is 0. The average molecular weight is 501 g/mol. The van der Waals surface area contributed by atoms with Gasteiger partial charge in [0.1, 0.15) is 0 Å². The van der Waals surface area contributed by atoms with Crippen LogP contribution in [0.5, 0.6) is 0 Å². The van der Waals surface area contributed by atoms with Crippen LogP contribution in [-0.4, -0.2) is 36.6 Å². The van der Waals surface area contributed by atoms with Gasteiger partial charge in [0.2, 0.25) is 0 Å². The molecular formula is C28H48O2Si3. The van der Waals surface area contributed by atoms with Gasteiger partial charge in [0.25, 0.3) is 8.32 Å². The van der Waals surface area contributed by atoms with E-state index in [1.165, 1.54) is 10.4 Å². The molecule has 184 valence electrons. The van der Waals surface area contributed by atoms with Crippen molar-refractivity contribution in [2.75, 3.05) is 0 Å². The second-order valence-electron chi connectivity index (χ2n) is 10.1. The van der Waals surface area contributed by atoms with Gasteiger partial charge in [0.15, 0.2) is 9.04 Å². The highest BCUT2D eigenvalue weighted by Gasteiger charge is 2.60. The second kappa shape index (κ2) is 12.6. The molecule has 0 heterocycles. The Morgan fingerprint density at radius 3 is 1.52 bits per heavy atom. The van der Waals surface area contributed by atoms with E-state index in [-0.39, 0.29) is 10.4 Å². The largest absolute Gasteiger partial charge is 0.414 e. The lowest BCUT2D eigenvalue weighted by atomic mass is 10.1. The maximum Gasteiger partial charge on any atom is 0.286 e. The molecule has 5 heteroatoms. The number of benzene rings is 2. The van der Waals surface area contributed by atoms with E-state index < -0.39 is 26.2 Å². The number of rotatable bonds is 14. The molecule has 0 saturated carbocycles. The third-order valence-corrected chi connectivity index (χ3v) is 16.7. The van der Waals surface area contributed by atoms with Gasteiger partial charge in [0.05, 0.1) is 14.0 Å². The van der Waals surface area contributed by atoms with E-state index in [9.17, 15) is 0 Å². The van der Waals surface area contributed by atoms with Crippen LogP contribution in [0.25, 0.3) is 0 Å². The van der Waals surface area contributed by atoms with Gasteiger partial charge in [-0.2, -0.15) is 0 Å². The SMILES string of the molecule is CCCC(CC)(O[Si](c1ccccc1)(c1ccccc1)C(CC)(CCC)O[SiH](C)C)[SiH](C)C. The molecule has 0 aliphatic carbocycles. The van der Waals surface area contributed by atoms with Crippen molar-refractivity contribution in [3.63, 3.8) is 0 Å². The summed E-state index contributed by atoms with van der Waals surface area (Å²) in [6.45, 7) is 18.9. The van der Waals surface area contributed by atoms with Gasteiger partial charge in [-0.3, -0.25) is 0 Å². The van der Waals surface area contributed by atoms with Crippen LogP contribution in [0.3, 0.4) is 0 Å². The Morgan fingerprint density at radius 2 is 1.18 bits per heavy atom. The van der Waals surface area contributed by atoms with Crippen LogP contribution in [0.2, 0.25) is 26.2 Å². The lowest BCUT2D eigenvalue weighted by Crippen LogP contribution is -2.79. The molecular weight excluding hydrogens is 453 g/mol. The first-order valence-electron chi connectivity index (χ1n) is 13.3. The van der Waals surface area contributed by atoms with Crippen molar-refractivity contribution in [2.45, 2.75) is 103 Å². The Labute approximate surface area is 208 Å². The van der Waals surface area contributed by atoms with Crippen molar-refractivity contribution in [1.29, 1.82) is 0 Å². The number of hydrogen-bond acceptors (Lipinski definition) is 2. The fraction of sp³-hybridized carbons (Fsp3) is 0.571. The number of hydrogen-bond donors (Lipinski definition) is 0. The van der Waals surface area contributed by atoms with Crippen LogP contribution >= 0.6 is 0 Å². The van der Waals surface area contributed by atoms with E-state index in [1.54, 1.807) is 0 Å². The zero-order chi connectivity index (χ0) is 24.5. The Kier molecular flexibility index (Phi) is 10.8. The average Bonchev–Trinajstić information content (AvgIpc) is 2.82. The van der Waals surface area contributed by atoms with Crippen LogP contribution in [0.4, 0.5) is 0 Å². The summed E-state index contributed by atoms with van der Waals surface area (Å²) in [5.41, 5.74) is 0. The van der Waals surface area contributed by atoms with Crippen molar-refractivity contribution in [3.05, 3.63) is 60.7 Å². The van der Waals surface area contributed by atoms with E-state index >= 15 is 0 Å². The van der Waals surface area contributed by atoms with Crippen LogP contribution in [-0.2, 0) is 8.85 Å². The molecule has 2 unspecified atom stereocenters. The topological polar surface area (TPSA) is 18.5 Å². The van der Waals surface area contributed by atoms with E-state index in [0.717, 1.165) is 38.5 Å². The molecule has 0 spiro atoms. The fourth-order valence-electron chi connectivity index (χ4n) is 5.77. The van der Waals surface area contributed by atoms with Crippen molar-refractivity contribution < 1.29 is 8.85 Å². The van der Waals surface area contributed by atoms with Crippen LogP contribution in [0.1, 0.15) is 66.2 Å². The van der Waals surface area contributed by atoms with Gasteiger partial charge in [-0.15, -0.1) is 0 Å². The summed E-state index contributed by atoms with van der Waals surface area (Å²) < 4.78 is 15.2. The predicted octanol–water partition coefficient (Wildman–Crippen LogP) is 6.23. The van der Waals surface area contributed by atoms with Gasteiger partial charge >= 0.3 is 0 Å². The normalized spacial score (nSPS) is 16.1. The summed E-state index contributed by atoms with van der Waals surface area (Å²) in [6, 6.07) is 22.4. The Morgan fingerprint density at radius 1 is 0.697 bits per heavy atom. The van der Waals surface area contributed by atoms with E-state index in [0.29, 0.717) is 0 Å². The molecule has 33 heavy (non-hydrogen) atoms. The lowest BCUT2D eigenvalue weighted by Gasteiger charge is -2.55. The summed E-state index contributed by atoms with van der Waals surface area (Å²) in [7, 11) is -5.32. The van der Waals surface area contributed by atoms with E-state index in [4.69, 9.17) is 8.85 Å². The molecule has 2 aromatic carbocycles. The molecule has 0 saturated heterocycles. The summed E-state index contributed by atoms with van der Waals surface area (Å²) in [5.74, 6) is 0. The third kappa shape index (κ3) is 5.81. The minimum atomic E-state index is -2.82. The zero-order valence-corrected chi connectivity index (χ0v) is 25.8. The van der Waals surface area contributed by atoms with Gasteiger partial charge in [0, 0.05) is 5.22 Å². The first kappa shape index (κ1) is 28.2. The first-order valence-corrected chi connectivity index (χ1v) is 20.8.